The SMILES string of the molecule is Cc1c(-c2ccc(-c3ccc4c(c3)N(C(=O)Nc3nc5ccccc5s3)CCC4)nc2C(=O)O)cnn1CC12CC3(C)CC(C)(C1)CC(OCCN(CCP(=O)(O)O)C(=O)OCc1ccc(N(C(=O)[C@@H](NC(=O)CCCCCN4C(=O)C=CC4=O)C(C)C)[C@@H](CCCNC(N)=O)C(N)=O)cc1)(C3)C2. The number of carboxylic acid groups (broad SMARTS) is 1. The number of thiazole rings is 1. The molecule has 10 amide bonds. The van der Waals surface area contributed by atoms with E-state index in [2.05, 4.69) is 34.8 Å². The van der Waals surface area contributed by atoms with Crippen LogP contribution in [-0.2, 0) is 57.6 Å². The van der Waals surface area contributed by atoms with E-state index in [4.69, 9.17) is 31.0 Å². The number of hydrogen-bond donors (Lipinski definition) is 8. The monoisotopic (exact) mass is 1450 g/mol. The lowest BCUT2D eigenvalue weighted by atomic mass is 9.39. The van der Waals surface area contributed by atoms with Crippen LogP contribution in [0.15, 0.2) is 97.2 Å². The van der Waals surface area contributed by atoms with Gasteiger partial charge >= 0.3 is 31.7 Å². The maximum atomic E-state index is 14.8. The standard InChI is InChI=1S/C73H90N13O15PS/c1-45(2)61(80-58(87)17-7-6-10-29-84-59(88)26-27-60(84)89)64(91)86(55(63(74)90)15-11-28-76-66(75)94)50-22-18-47(19-23-50)37-100-69(96)82(32-34-102(97,98)99)31-33-101-73-41-70(4)38-71(5,42-73)40-72(39-70,43-73)44-85-46(3)52(36-77-85)51-24-25-53(78-62(51)65(92)93)49-21-20-48-13-12-30-83(56(48)35-49)68(95)81-67-79-54-14-8-9-16-57(54)103-67/h8-9,14,16,18-27,35-36,45,55,61H,6-7,10-13,15,17,28-34,37-44H2,1-5H3,(H2,74,90)(H,80,87)(H,92,93)(H3,75,76,94)(H,79,81,95)(H2,97,98,99)/t55-,61-,70?,71?,72?,73?/m0/s1. The van der Waals surface area contributed by atoms with Crippen LogP contribution in [0.3, 0.4) is 0 Å². The zero-order valence-corrected chi connectivity index (χ0v) is 60.3. The van der Waals surface area contributed by atoms with Gasteiger partial charge in [-0.3, -0.25) is 53.2 Å². The summed E-state index contributed by atoms with van der Waals surface area (Å²) in [4.78, 5) is 153. The highest BCUT2D eigenvalue weighted by atomic mass is 32.1. The number of carbonyl (C=O) groups is 9. The number of anilines is 3. The number of carbonyl (C=O) groups excluding carboxylic acids is 8. The number of hydrogen-bond acceptors (Lipinski definition) is 16. The van der Waals surface area contributed by atoms with Crippen LogP contribution >= 0.6 is 18.9 Å². The average Bonchev–Trinajstić information content (AvgIpc) is 0.728. The zero-order valence-electron chi connectivity index (χ0n) is 58.6. The maximum Gasteiger partial charge on any atom is 0.410 e. The van der Waals surface area contributed by atoms with Gasteiger partial charge in [0.25, 0.3) is 17.7 Å². The molecule has 0 spiro atoms. The van der Waals surface area contributed by atoms with Gasteiger partial charge in [0.2, 0.25) is 11.8 Å². The molecule has 103 heavy (non-hydrogen) atoms. The van der Waals surface area contributed by atoms with Crippen molar-refractivity contribution in [3.63, 3.8) is 0 Å². The summed E-state index contributed by atoms with van der Waals surface area (Å²) >= 11 is 1.40. The molecule has 4 bridgehead atoms. The predicted octanol–water partition coefficient (Wildman–Crippen LogP) is 9.43. The van der Waals surface area contributed by atoms with Gasteiger partial charge in [0, 0.05) is 91.6 Å². The number of fused-ring (bicyclic) bond motifs is 2. The first-order chi connectivity index (χ1) is 48.9. The van der Waals surface area contributed by atoms with Crippen LogP contribution in [0.5, 0.6) is 0 Å². The number of pyridine rings is 1. The number of imide groups is 1. The molecule has 4 aliphatic carbocycles. The van der Waals surface area contributed by atoms with Gasteiger partial charge in [-0.1, -0.05) is 81.9 Å². The minimum atomic E-state index is -4.61. The molecule has 2 unspecified atom stereocenters. The van der Waals surface area contributed by atoms with Crippen LogP contribution in [0, 0.1) is 29.1 Å². The Balaban J connectivity index is 0.745. The lowest BCUT2D eigenvalue weighted by Crippen LogP contribution is -2.64. The molecule has 28 nitrogen and oxygen atoms in total. The first-order valence-corrected chi connectivity index (χ1v) is 37.5. The van der Waals surface area contributed by atoms with E-state index in [9.17, 15) is 62.6 Å². The summed E-state index contributed by atoms with van der Waals surface area (Å²) in [5, 5.41) is 24.4. The van der Waals surface area contributed by atoms with E-state index in [1.165, 1.54) is 45.4 Å². The molecule has 30 heteroatoms. The van der Waals surface area contributed by atoms with E-state index in [1.54, 1.807) is 49.2 Å². The second-order valence-corrected chi connectivity index (χ2v) is 32.2. The largest absolute Gasteiger partial charge is 0.476 e. The summed E-state index contributed by atoms with van der Waals surface area (Å²) in [6, 6.07) is 19.7. The van der Waals surface area contributed by atoms with Crippen molar-refractivity contribution in [2.75, 3.05) is 60.6 Å². The van der Waals surface area contributed by atoms with Crippen LogP contribution in [0.4, 0.5) is 30.9 Å². The van der Waals surface area contributed by atoms with Crippen LogP contribution in [0.2, 0.25) is 0 Å². The number of primary amides is 2. The first-order valence-electron chi connectivity index (χ1n) is 34.9. The molecule has 10 N–H and O–H groups in total. The van der Waals surface area contributed by atoms with E-state index < -0.39 is 85.0 Å². The molecule has 6 aromatic rings. The van der Waals surface area contributed by atoms with Crippen molar-refractivity contribution >= 4 is 99.3 Å². The molecule has 0 radical (unpaired) electrons. The number of carboxylic acids is 1. The molecule has 4 saturated carbocycles. The minimum Gasteiger partial charge on any atom is -0.476 e. The normalized spacial score (nSPS) is 21.0. The number of nitrogens with one attached hydrogen (secondary N) is 3. The number of urea groups is 2. The fourth-order valence-electron chi connectivity index (χ4n) is 16.9. The lowest BCUT2D eigenvalue weighted by Gasteiger charge is -2.69. The molecule has 6 aliphatic rings. The molecule has 4 fully saturated rings. The molecule has 2 aliphatic heterocycles. The van der Waals surface area contributed by atoms with Crippen molar-refractivity contribution in [2.45, 2.75) is 155 Å². The van der Waals surface area contributed by atoms with Gasteiger partial charge in [0.15, 0.2) is 10.8 Å². The third-order valence-electron chi connectivity index (χ3n) is 20.4. The van der Waals surface area contributed by atoms with E-state index >= 15 is 0 Å². The number of aromatic carboxylic acids is 1. The number of nitrogens with zero attached hydrogens (tertiary/aromatic N) is 8. The summed E-state index contributed by atoms with van der Waals surface area (Å²) in [7, 11) is -4.61. The third kappa shape index (κ3) is 17.6. The molecule has 3 aromatic heterocycles. The molecular formula is C73H90N13O15PS. The van der Waals surface area contributed by atoms with Crippen molar-refractivity contribution in [1.29, 1.82) is 0 Å². The Kier molecular flexibility index (Phi) is 22.4. The number of ether oxygens (including phenoxy) is 2. The van der Waals surface area contributed by atoms with Gasteiger partial charge in [0.1, 0.15) is 18.7 Å². The van der Waals surface area contributed by atoms with Gasteiger partial charge in [-0.05, 0) is 160 Å². The summed E-state index contributed by atoms with van der Waals surface area (Å²) in [6.45, 7) is 10.5. The molecule has 12 rings (SSSR count). The van der Waals surface area contributed by atoms with Gasteiger partial charge in [-0.15, -0.1) is 0 Å². The Hall–Kier alpha value is -9.41. The van der Waals surface area contributed by atoms with E-state index in [0.717, 1.165) is 71.3 Å². The smallest absolute Gasteiger partial charge is 0.410 e. The molecule has 0 saturated heterocycles. The number of aromatic nitrogens is 4. The lowest BCUT2D eigenvalue weighted by molar-refractivity contribution is -0.248. The minimum absolute atomic E-state index is 0.0102. The highest BCUT2D eigenvalue weighted by molar-refractivity contribution is 7.51. The molecule has 4 atom stereocenters. The Morgan fingerprint density at radius 1 is 0.835 bits per heavy atom. The predicted molar refractivity (Wildman–Crippen MR) is 385 cm³/mol. The Morgan fingerprint density at radius 2 is 1.56 bits per heavy atom. The number of benzene rings is 3. The Labute approximate surface area is 600 Å². The summed E-state index contributed by atoms with van der Waals surface area (Å²) in [5.74, 6) is -4.44. The van der Waals surface area contributed by atoms with Crippen molar-refractivity contribution in [2.24, 2.45) is 33.6 Å². The highest BCUT2D eigenvalue weighted by Gasteiger charge is 2.66. The number of para-hydroxylation sites is 1. The molecular weight excluding hydrogens is 1360 g/mol. The first kappa shape index (κ1) is 74.8. The molecule has 5 heterocycles. The summed E-state index contributed by atoms with van der Waals surface area (Å²) < 4.78 is 28.1. The highest BCUT2D eigenvalue weighted by Crippen LogP contribution is 2.72. The fourth-order valence-corrected chi connectivity index (χ4v) is 18.3. The number of rotatable bonds is 31. The topological polar surface area (TPSA) is 395 Å². The van der Waals surface area contributed by atoms with Crippen molar-refractivity contribution < 1.29 is 72.1 Å². The van der Waals surface area contributed by atoms with E-state index in [0.29, 0.717) is 77.5 Å². The molecule has 3 aromatic carbocycles. The van der Waals surface area contributed by atoms with Gasteiger partial charge in [-0.2, -0.15) is 5.10 Å². The van der Waals surface area contributed by atoms with Crippen LogP contribution < -0.4 is 37.2 Å². The van der Waals surface area contributed by atoms with Gasteiger partial charge in [0.05, 0.1) is 40.5 Å². The summed E-state index contributed by atoms with van der Waals surface area (Å²) in [6.07, 6.45) is 10.6. The van der Waals surface area contributed by atoms with Crippen molar-refractivity contribution in [3.8, 4) is 22.4 Å². The number of aryl methyl sites for hydroxylation is 1. The van der Waals surface area contributed by atoms with Crippen LogP contribution in [-0.4, -0.2) is 161 Å². The van der Waals surface area contributed by atoms with Crippen LogP contribution in [0.25, 0.3) is 32.6 Å². The average molecular weight is 1450 g/mol. The van der Waals surface area contributed by atoms with Crippen molar-refractivity contribution in [3.05, 3.63) is 120 Å². The van der Waals surface area contributed by atoms with Crippen molar-refractivity contribution in [1.82, 2.24) is 40.2 Å². The van der Waals surface area contributed by atoms with Crippen LogP contribution in [0.1, 0.15) is 138 Å². The maximum absolute atomic E-state index is 14.8. The van der Waals surface area contributed by atoms with Gasteiger partial charge < -0.3 is 51.4 Å². The molecule has 548 valence electrons. The number of unbranched alkanes of at least 4 members (excludes halogenated alkanes) is 2. The third-order valence-corrected chi connectivity index (χ3v) is 22.1. The van der Waals surface area contributed by atoms with E-state index in [-0.39, 0.29) is 92.3 Å². The van der Waals surface area contributed by atoms with E-state index in [1.807, 2.05) is 54.1 Å². The quantitative estimate of drug-likeness (QED) is 0.0114. The summed E-state index contributed by atoms with van der Waals surface area (Å²) in [5.41, 5.74) is 16.0. The fraction of sp³-hybridized carbons (Fsp3) is 0.479. The second kappa shape index (κ2) is 30.9. The number of amides is 10. The van der Waals surface area contributed by atoms with Gasteiger partial charge in [-0.25, -0.2) is 29.1 Å². The second-order valence-electron chi connectivity index (χ2n) is 29.3. The Bertz CT molecular complexity index is 4270. The number of nitrogens with two attached hydrogens (primary N) is 2. The Morgan fingerprint density at radius 3 is 2.24 bits per heavy atom. The zero-order chi connectivity index (χ0) is 73.8.